The molecule has 1 rings (SSSR count). The van der Waals surface area contributed by atoms with Gasteiger partial charge in [-0.25, -0.2) is 8.42 Å². The first-order valence-corrected chi connectivity index (χ1v) is 7.17. The molecule has 0 saturated heterocycles. The van der Waals surface area contributed by atoms with Gasteiger partial charge < -0.3 is 0 Å². The Labute approximate surface area is 90.4 Å². The van der Waals surface area contributed by atoms with E-state index in [0.29, 0.717) is 18.1 Å². The van der Waals surface area contributed by atoms with Gasteiger partial charge in [0.1, 0.15) is 0 Å². The molecule has 1 saturated carbocycles. The first-order valence-electron chi connectivity index (χ1n) is 5.35. The van der Waals surface area contributed by atoms with Crippen molar-refractivity contribution in [2.75, 3.05) is 18.1 Å². The van der Waals surface area contributed by atoms with Gasteiger partial charge in [0.2, 0.25) is 0 Å². The summed E-state index contributed by atoms with van der Waals surface area (Å²) in [5.41, 5.74) is 8.03. The summed E-state index contributed by atoms with van der Waals surface area (Å²) in [5, 5.41) is 3.32. The van der Waals surface area contributed by atoms with Crippen LogP contribution in [0.5, 0.6) is 0 Å². The van der Waals surface area contributed by atoms with Gasteiger partial charge in [-0.05, 0) is 30.7 Å². The van der Waals surface area contributed by atoms with Crippen LogP contribution >= 0.6 is 0 Å². The van der Waals surface area contributed by atoms with Crippen molar-refractivity contribution >= 4 is 9.84 Å². The zero-order valence-corrected chi connectivity index (χ0v) is 9.62. The average Bonchev–Trinajstić information content (AvgIpc) is 2.64. The summed E-state index contributed by atoms with van der Waals surface area (Å²) >= 11 is 0. The average molecular weight is 231 g/mol. The van der Waals surface area contributed by atoms with Crippen LogP contribution in [0.15, 0.2) is 5.11 Å². The topological polar surface area (TPSA) is 82.9 Å². The largest absolute Gasteiger partial charge is 0.229 e. The Morgan fingerprint density at radius 1 is 1.33 bits per heavy atom. The van der Waals surface area contributed by atoms with Gasteiger partial charge in [-0.2, -0.15) is 0 Å². The Hall–Kier alpha value is -0.740. The molecule has 0 bridgehead atoms. The van der Waals surface area contributed by atoms with Gasteiger partial charge in [0.15, 0.2) is 9.84 Å². The van der Waals surface area contributed by atoms with Crippen LogP contribution in [-0.2, 0) is 9.84 Å². The Balaban J connectivity index is 2.27. The number of hydrogen-bond acceptors (Lipinski definition) is 3. The highest BCUT2D eigenvalue weighted by Crippen LogP contribution is 2.26. The van der Waals surface area contributed by atoms with E-state index in [9.17, 15) is 8.42 Å². The van der Waals surface area contributed by atoms with E-state index in [2.05, 4.69) is 10.0 Å². The number of sulfone groups is 1. The van der Waals surface area contributed by atoms with Crippen molar-refractivity contribution in [1.82, 2.24) is 0 Å². The summed E-state index contributed by atoms with van der Waals surface area (Å²) in [4.78, 5) is 2.59. The molecule has 0 aromatic rings. The first kappa shape index (κ1) is 12.3. The molecule has 0 atom stereocenters. The van der Waals surface area contributed by atoms with E-state index in [-0.39, 0.29) is 12.3 Å². The molecule has 0 aliphatic heterocycles. The minimum absolute atomic E-state index is 0.155. The third-order valence-electron chi connectivity index (χ3n) is 2.74. The molecule has 0 N–H and O–H groups in total. The maximum Gasteiger partial charge on any atom is 0.150 e. The van der Waals surface area contributed by atoms with E-state index in [1.54, 1.807) is 0 Å². The molecule has 1 fully saturated rings. The molecule has 1 aliphatic rings. The Morgan fingerprint density at radius 3 is 2.60 bits per heavy atom. The van der Waals surface area contributed by atoms with Crippen molar-refractivity contribution in [3.05, 3.63) is 10.4 Å². The molecule has 5 nitrogen and oxygen atoms in total. The van der Waals surface area contributed by atoms with Gasteiger partial charge in [-0.3, -0.25) is 0 Å². The molecular formula is C9H17N3O2S. The summed E-state index contributed by atoms with van der Waals surface area (Å²) in [7, 11) is -2.93. The molecular weight excluding hydrogens is 214 g/mol. The lowest BCUT2D eigenvalue weighted by Crippen LogP contribution is -2.17. The van der Waals surface area contributed by atoms with Gasteiger partial charge in [0, 0.05) is 11.5 Å². The maximum atomic E-state index is 11.6. The van der Waals surface area contributed by atoms with E-state index in [1.165, 1.54) is 12.8 Å². The molecule has 0 aromatic heterocycles. The lowest BCUT2D eigenvalue weighted by molar-refractivity contribution is 0.557. The van der Waals surface area contributed by atoms with Crippen LogP contribution in [0.25, 0.3) is 10.4 Å². The lowest BCUT2D eigenvalue weighted by Gasteiger charge is -2.08. The molecule has 15 heavy (non-hydrogen) atoms. The van der Waals surface area contributed by atoms with Crippen molar-refractivity contribution in [3.63, 3.8) is 0 Å². The van der Waals surface area contributed by atoms with Crippen molar-refractivity contribution in [1.29, 1.82) is 0 Å². The molecule has 0 spiro atoms. The third-order valence-corrected chi connectivity index (χ3v) is 4.63. The van der Waals surface area contributed by atoms with Crippen LogP contribution in [0.2, 0.25) is 0 Å². The number of nitrogens with zero attached hydrogens (tertiary/aromatic N) is 3. The highest BCUT2D eigenvalue weighted by molar-refractivity contribution is 7.91. The summed E-state index contributed by atoms with van der Waals surface area (Å²) in [6.07, 6.45) is 4.88. The van der Waals surface area contributed by atoms with Crippen LogP contribution in [0.1, 0.15) is 32.1 Å². The normalized spacial score (nSPS) is 17.6. The minimum Gasteiger partial charge on any atom is -0.229 e. The fourth-order valence-corrected chi connectivity index (χ4v) is 3.81. The van der Waals surface area contributed by atoms with Gasteiger partial charge in [-0.15, -0.1) is 0 Å². The number of azide groups is 1. The lowest BCUT2D eigenvalue weighted by atomic mass is 10.1. The van der Waals surface area contributed by atoms with Crippen molar-refractivity contribution in [2.24, 2.45) is 11.0 Å². The van der Waals surface area contributed by atoms with Crippen molar-refractivity contribution in [3.8, 4) is 0 Å². The zero-order chi connectivity index (χ0) is 11.1. The summed E-state index contributed by atoms with van der Waals surface area (Å²) in [5.74, 6) is 0.848. The van der Waals surface area contributed by atoms with E-state index in [1.807, 2.05) is 0 Å². The first-order chi connectivity index (χ1) is 7.14. The Kier molecular flexibility index (Phi) is 4.91. The van der Waals surface area contributed by atoms with E-state index >= 15 is 0 Å². The van der Waals surface area contributed by atoms with Crippen LogP contribution < -0.4 is 0 Å². The molecule has 0 unspecified atom stereocenters. The molecule has 0 radical (unpaired) electrons. The smallest absolute Gasteiger partial charge is 0.150 e. The highest BCUT2D eigenvalue weighted by atomic mass is 32.2. The Bertz CT molecular complexity index is 327. The van der Waals surface area contributed by atoms with E-state index in [0.717, 1.165) is 12.8 Å². The van der Waals surface area contributed by atoms with Gasteiger partial charge in [0.05, 0.1) is 11.5 Å². The number of rotatable bonds is 6. The molecule has 0 aromatic carbocycles. The summed E-state index contributed by atoms with van der Waals surface area (Å²) in [6, 6.07) is 0. The molecule has 0 heterocycles. The predicted octanol–water partition coefficient (Wildman–Crippen LogP) is 2.29. The molecule has 0 amide bonds. The van der Waals surface area contributed by atoms with Crippen molar-refractivity contribution in [2.45, 2.75) is 32.1 Å². The van der Waals surface area contributed by atoms with Crippen LogP contribution in [-0.4, -0.2) is 26.5 Å². The minimum atomic E-state index is -2.93. The molecule has 6 heteroatoms. The monoisotopic (exact) mass is 231 g/mol. The maximum absolute atomic E-state index is 11.6. The fraction of sp³-hybridized carbons (Fsp3) is 1.00. The third kappa shape index (κ3) is 5.04. The van der Waals surface area contributed by atoms with Crippen molar-refractivity contribution < 1.29 is 8.42 Å². The highest BCUT2D eigenvalue weighted by Gasteiger charge is 2.21. The van der Waals surface area contributed by atoms with E-state index in [4.69, 9.17) is 5.53 Å². The quantitative estimate of drug-likeness (QED) is 0.304. The zero-order valence-electron chi connectivity index (χ0n) is 8.80. The molecule has 86 valence electrons. The fourth-order valence-electron chi connectivity index (χ4n) is 2.02. The van der Waals surface area contributed by atoms with Gasteiger partial charge >= 0.3 is 0 Å². The molecule has 1 aliphatic carbocycles. The van der Waals surface area contributed by atoms with Crippen LogP contribution in [0.3, 0.4) is 0 Å². The second kappa shape index (κ2) is 5.98. The summed E-state index contributed by atoms with van der Waals surface area (Å²) < 4.78 is 23.2. The predicted molar refractivity (Wildman–Crippen MR) is 59.2 cm³/mol. The van der Waals surface area contributed by atoms with Crippen LogP contribution in [0.4, 0.5) is 0 Å². The summed E-state index contributed by atoms with van der Waals surface area (Å²) in [6.45, 7) is 0.278. The number of hydrogen-bond donors (Lipinski definition) is 0. The second-order valence-electron chi connectivity index (χ2n) is 4.07. The Morgan fingerprint density at radius 2 is 2.00 bits per heavy atom. The standard InChI is InChI=1S/C9H17N3O2S/c10-12-11-6-3-7-15(13,14)8-9-4-1-2-5-9/h9H,1-8H2. The van der Waals surface area contributed by atoms with E-state index < -0.39 is 9.84 Å². The van der Waals surface area contributed by atoms with Gasteiger partial charge in [-0.1, -0.05) is 18.0 Å². The SMILES string of the molecule is [N-]=[N+]=NCCCS(=O)(=O)CC1CCCC1. The van der Waals surface area contributed by atoms with Gasteiger partial charge in [0.25, 0.3) is 0 Å². The van der Waals surface area contributed by atoms with Crippen LogP contribution in [0, 0.1) is 5.92 Å². The second-order valence-corrected chi connectivity index (χ2v) is 6.30.